The Morgan fingerprint density at radius 3 is 1.15 bits per heavy atom. The molecule has 2 N–H and O–H groups in total. The van der Waals surface area contributed by atoms with Gasteiger partial charge in [-0.3, -0.25) is 0 Å². The summed E-state index contributed by atoms with van der Waals surface area (Å²) >= 11 is 0. The molecule has 7 rings (SSSR count). The zero-order valence-electron chi connectivity index (χ0n) is 27.4. The van der Waals surface area contributed by atoms with Crippen LogP contribution in [0.2, 0.25) is 0 Å². The first-order valence-corrected chi connectivity index (χ1v) is 15.2. The van der Waals surface area contributed by atoms with E-state index in [9.17, 15) is 0 Å². The summed E-state index contributed by atoms with van der Waals surface area (Å²) < 4.78 is 33.9. The van der Waals surface area contributed by atoms with Gasteiger partial charge in [0.05, 0.1) is 65.4 Å². The van der Waals surface area contributed by atoms with E-state index in [1.54, 1.807) is 42.7 Å². The molecular weight excluding hydrogens is 608 g/mol. The van der Waals surface area contributed by atoms with E-state index in [4.69, 9.17) is 38.4 Å². The minimum absolute atomic E-state index is 0.519. The lowest BCUT2D eigenvalue weighted by Crippen LogP contribution is -1.96. The summed E-state index contributed by atoms with van der Waals surface area (Å²) in [5.74, 6) is 3.24. The maximum Gasteiger partial charge on any atom is 0.203 e. The molecule has 5 aromatic rings. The van der Waals surface area contributed by atoms with Gasteiger partial charge < -0.3 is 38.4 Å². The molecule has 48 heavy (non-hydrogen) atoms. The highest BCUT2D eigenvalue weighted by atomic mass is 16.5. The number of aromatic nitrogens is 4. The van der Waals surface area contributed by atoms with E-state index in [0.29, 0.717) is 34.5 Å². The van der Waals surface area contributed by atoms with Gasteiger partial charge in [-0.15, -0.1) is 0 Å². The molecule has 0 saturated heterocycles. The summed E-state index contributed by atoms with van der Waals surface area (Å²) in [6.45, 7) is 0. The van der Waals surface area contributed by atoms with Gasteiger partial charge in [0.15, 0.2) is 23.0 Å². The van der Waals surface area contributed by atoms with E-state index in [-0.39, 0.29) is 0 Å². The average Bonchev–Trinajstić information content (AvgIpc) is 3.94. The van der Waals surface area contributed by atoms with Crippen molar-refractivity contribution in [3.05, 3.63) is 83.4 Å². The van der Waals surface area contributed by atoms with Crippen LogP contribution in [0, 0.1) is 0 Å². The number of nitrogens with zero attached hydrogens (tertiary/aromatic N) is 2. The zero-order chi connectivity index (χ0) is 33.4. The summed E-state index contributed by atoms with van der Waals surface area (Å²) in [5, 5.41) is 0. The molecule has 0 aliphatic carbocycles. The van der Waals surface area contributed by atoms with Gasteiger partial charge in [-0.05, 0) is 96.1 Å². The highest BCUT2D eigenvalue weighted by molar-refractivity contribution is 5.94. The van der Waals surface area contributed by atoms with Gasteiger partial charge in [0, 0.05) is 33.2 Å². The van der Waals surface area contributed by atoms with E-state index >= 15 is 0 Å². The van der Waals surface area contributed by atoms with E-state index in [2.05, 4.69) is 9.97 Å². The van der Waals surface area contributed by atoms with Gasteiger partial charge in [0.2, 0.25) is 11.5 Å². The number of hydrogen-bond donors (Lipinski definition) is 2. The number of ether oxygens (including phenoxy) is 6. The van der Waals surface area contributed by atoms with Gasteiger partial charge in [-0.1, -0.05) is 0 Å². The van der Waals surface area contributed by atoms with E-state index < -0.39 is 0 Å². The normalized spacial score (nSPS) is 11.8. The summed E-state index contributed by atoms with van der Waals surface area (Å²) in [6.07, 6.45) is 8.01. The minimum Gasteiger partial charge on any atom is -0.493 e. The molecule has 8 bridgehead atoms. The topological polar surface area (TPSA) is 113 Å². The van der Waals surface area contributed by atoms with E-state index in [1.165, 1.54) is 0 Å². The predicted molar refractivity (Wildman–Crippen MR) is 189 cm³/mol. The van der Waals surface area contributed by atoms with Crippen molar-refractivity contribution in [3.8, 4) is 56.8 Å². The van der Waals surface area contributed by atoms with Crippen LogP contribution in [0.15, 0.2) is 60.7 Å². The monoisotopic (exact) mass is 642 g/mol. The van der Waals surface area contributed by atoms with Crippen molar-refractivity contribution >= 4 is 46.4 Å². The molecule has 0 saturated carbocycles. The first-order chi connectivity index (χ1) is 23.5. The van der Waals surface area contributed by atoms with Crippen LogP contribution in [0.3, 0.4) is 0 Å². The van der Waals surface area contributed by atoms with Gasteiger partial charge in [-0.2, -0.15) is 0 Å². The highest BCUT2D eigenvalue weighted by Gasteiger charge is 2.20. The largest absolute Gasteiger partial charge is 0.493 e. The maximum atomic E-state index is 5.69. The Morgan fingerprint density at radius 1 is 0.438 bits per heavy atom. The average molecular weight is 643 g/mol. The molecule has 0 unspecified atom stereocenters. The number of methoxy groups -OCH3 is 6. The van der Waals surface area contributed by atoms with Crippen molar-refractivity contribution in [1.82, 2.24) is 19.9 Å². The maximum absolute atomic E-state index is 5.69. The Kier molecular flexibility index (Phi) is 7.98. The quantitative estimate of drug-likeness (QED) is 0.171. The third kappa shape index (κ3) is 5.37. The van der Waals surface area contributed by atoms with Crippen molar-refractivity contribution in [1.29, 1.82) is 0 Å². The number of hydrogen-bond acceptors (Lipinski definition) is 8. The standard InChI is InChI=1S/C38H34N4O6/c1-43-31-15-21(16-32(44-2)37(31)47-5)35-27-11-7-23(39-27)19-25-9-13-29(41-25)36(22-17-33(45-3)38(48-6)34(18-22)46-4)30-14-10-26(42-30)20-24-8-12-28(35)40-24/h7-20,39,42H,1-6H3. The molecule has 0 spiro atoms. The molecular formula is C38H34N4O6. The number of H-pyrrole nitrogens is 2. The number of aromatic amines is 2. The van der Waals surface area contributed by atoms with Crippen LogP contribution in [0.25, 0.3) is 68.6 Å². The van der Waals surface area contributed by atoms with Crippen molar-refractivity contribution in [2.24, 2.45) is 0 Å². The number of benzene rings is 2. The van der Waals surface area contributed by atoms with Crippen LogP contribution in [0.4, 0.5) is 0 Å². The summed E-state index contributed by atoms with van der Waals surface area (Å²) in [7, 11) is 9.61. The zero-order valence-corrected chi connectivity index (χ0v) is 27.4. The van der Waals surface area contributed by atoms with Gasteiger partial charge in [-0.25, -0.2) is 9.97 Å². The minimum atomic E-state index is 0.519. The second-order valence-corrected chi connectivity index (χ2v) is 11.0. The molecule has 5 heterocycles. The molecule has 10 heteroatoms. The summed E-state index contributed by atoms with van der Waals surface area (Å²) in [4.78, 5) is 17.3. The van der Waals surface area contributed by atoms with E-state index in [1.807, 2.05) is 85.0 Å². The fourth-order valence-corrected chi connectivity index (χ4v) is 6.13. The van der Waals surface area contributed by atoms with Crippen molar-refractivity contribution in [3.63, 3.8) is 0 Å². The van der Waals surface area contributed by atoms with Crippen molar-refractivity contribution in [2.45, 2.75) is 0 Å². The molecule has 242 valence electrons. The summed E-state index contributed by atoms with van der Waals surface area (Å²) in [5.41, 5.74) is 10.1. The van der Waals surface area contributed by atoms with Gasteiger partial charge in [0.1, 0.15) is 0 Å². The number of fused-ring (bicyclic) bond motifs is 8. The molecule has 10 nitrogen and oxygen atoms in total. The van der Waals surface area contributed by atoms with Crippen LogP contribution >= 0.6 is 0 Å². The lowest BCUT2D eigenvalue weighted by atomic mass is 10.0. The fraction of sp³-hybridized carbons (Fsp3) is 0.158. The Balaban J connectivity index is 1.53. The Bertz CT molecular complexity index is 2070. The lowest BCUT2D eigenvalue weighted by molar-refractivity contribution is 0.324. The van der Waals surface area contributed by atoms with Crippen LogP contribution in [-0.2, 0) is 0 Å². The smallest absolute Gasteiger partial charge is 0.203 e. The highest BCUT2D eigenvalue weighted by Crippen LogP contribution is 2.44. The second-order valence-electron chi connectivity index (χ2n) is 11.0. The van der Waals surface area contributed by atoms with Crippen LogP contribution < -0.4 is 28.4 Å². The molecule has 2 aromatic carbocycles. The van der Waals surface area contributed by atoms with Crippen LogP contribution in [0.5, 0.6) is 34.5 Å². The first-order valence-electron chi connectivity index (χ1n) is 15.2. The van der Waals surface area contributed by atoms with Crippen LogP contribution in [-0.4, -0.2) is 62.6 Å². The SMILES string of the molecule is COc1cc(-c2c3nc(cc4ccc([nH]4)c(-c4cc(OC)c(OC)c(OC)c4)c4nc(cc5ccc2[nH]5)C=C4)C=C3)cc(OC)c1OC. The number of rotatable bonds is 8. The first kappa shape index (κ1) is 30.5. The Labute approximate surface area is 277 Å². The van der Waals surface area contributed by atoms with Gasteiger partial charge >= 0.3 is 0 Å². The van der Waals surface area contributed by atoms with Crippen LogP contribution in [0.1, 0.15) is 22.8 Å². The fourth-order valence-electron chi connectivity index (χ4n) is 6.13. The molecule has 2 aliphatic heterocycles. The van der Waals surface area contributed by atoms with Crippen molar-refractivity contribution < 1.29 is 28.4 Å². The molecule has 0 fully saturated rings. The molecule has 2 aliphatic rings. The second kappa shape index (κ2) is 12.6. The molecule has 0 amide bonds. The van der Waals surface area contributed by atoms with Crippen molar-refractivity contribution in [2.75, 3.05) is 42.7 Å². The molecule has 3 aromatic heterocycles. The Hall–Kier alpha value is -6.16. The summed E-state index contributed by atoms with van der Waals surface area (Å²) in [6, 6.07) is 19.9. The van der Waals surface area contributed by atoms with Gasteiger partial charge in [0.25, 0.3) is 0 Å². The molecule has 0 atom stereocenters. The third-order valence-corrected chi connectivity index (χ3v) is 8.30. The third-order valence-electron chi connectivity index (χ3n) is 8.30. The Morgan fingerprint density at radius 2 is 0.812 bits per heavy atom. The molecule has 0 radical (unpaired) electrons. The van der Waals surface area contributed by atoms with E-state index in [0.717, 1.165) is 67.1 Å². The predicted octanol–water partition coefficient (Wildman–Crippen LogP) is 8.04. The lowest BCUT2D eigenvalue weighted by Gasteiger charge is -2.14. The number of nitrogens with one attached hydrogen (secondary N) is 2.